The van der Waals surface area contributed by atoms with Crippen LogP contribution in [0, 0.1) is 5.92 Å². The molecule has 0 aliphatic carbocycles. The number of benzene rings is 1. The summed E-state index contributed by atoms with van der Waals surface area (Å²) in [7, 11) is 0. The first kappa shape index (κ1) is 13.7. The largest absolute Gasteiger partial charge is 0.389 e. The number of urea groups is 1. The first-order valence-corrected chi connectivity index (χ1v) is 6.06. The summed E-state index contributed by atoms with van der Waals surface area (Å²) in [6.07, 6.45) is -4.80. The lowest BCUT2D eigenvalue weighted by Crippen LogP contribution is -2.36. The van der Waals surface area contributed by atoms with Crippen LogP contribution in [0.2, 0.25) is 0 Å². The normalized spacial score (nSPS) is 23.6. The number of amides is 2. The van der Waals surface area contributed by atoms with E-state index < -0.39 is 30.6 Å². The third-order valence-electron chi connectivity index (χ3n) is 3.44. The second-order valence-electron chi connectivity index (χ2n) is 4.76. The molecule has 1 saturated heterocycles. The Morgan fingerprint density at radius 2 is 1.95 bits per heavy atom. The summed E-state index contributed by atoms with van der Waals surface area (Å²) in [5.41, 5.74) is 5.96. The number of carbonyl (C=O) groups excluding carboxylic acids is 1. The summed E-state index contributed by atoms with van der Waals surface area (Å²) >= 11 is 0. The van der Waals surface area contributed by atoms with Gasteiger partial charge in [0.15, 0.2) is 0 Å². The highest BCUT2D eigenvalue weighted by atomic mass is 19.4. The maximum atomic E-state index is 12.6. The number of alkyl halides is 3. The van der Waals surface area contributed by atoms with Crippen molar-refractivity contribution in [3.63, 3.8) is 0 Å². The van der Waals surface area contributed by atoms with E-state index in [1.165, 1.54) is 4.90 Å². The van der Waals surface area contributed by atoms with Crippen LogP contribution in [-0.2, 0) is 0 Å². The van der Waals surface area contributed by atoms with E-state index in [-0.39, 0.29) is 6.54 Å². The molecule has 2 atom stereocenters. The Kier molecular flexibility index (Phi) is 3.68. The molecule has 1 heterocycles. The second kappa shape index (κ2) is 5.11. The summed E-state index contributed by atoms with van der Waals surface area (Å²) in [4.78, 5) is 12.7. The highest BCUT2D eigenvalue weighted by molar-refractivity contribution is 5.73. The van der Waals surface area contributed by atoms with Gasteiger partial charge in [0.1, 0.15) is 0 Å². The van der Waals surface area contributed by atoms with Gasteiger partial charge in [-0.25, -0.2) is 4.79 Å². The number of likely N-dealkylation sites (tertiary alicyclic amines) is 1. The summed E-state index contributed by atoms with van der Waals surface area (Å²) in [6.45, 7) is 0.273. The first-order chi connectivity index (χ1) is 8.88. The van der Waals surface area contributed by atoms with Crippen LogP contribution >= 0.6 is 0 Å². The molecule has 104 valence electrons. The van der Waals surface area contributed by atoms with Crippen LogP contribution in [0.25, 0.3) is 0 Å². The Morgan fingerprint density at radius 1 is 1.32 bits per heavy atom. The Balaban J connectivity index is 2.27. The Morgan fingerprint density at radius 3 is 2.47 bits per heavy atom. The number of hydrogen-bond donors (Lipinski definition) is 1. The molecule has 0 spiro atoms. The van der Waals surface area contributed by atoms with Gasteiger partial charge < -0.3 is 10.6 Å². The number of hydrogen-bond acceptors (Lipinski definition) is 1. The van der Waals surface area contributed by atoms with Crippen LogP contribution in [0.4, 0.5) is 18.0 Å². The van der Waals surface area contributed by atoms with Crippen molar-refractivity contribution in [2.45, 2.75) is 25.1 Å². The molecule has 3 nitrogen and oxygen atoms in total. The van der Waals surface area contributed by atoms with E-state index >= 15 is 0 Å². The van der Waals surface area contributed by atoms with Gasteiger partial charge in [-0.3, -0.25) is 0 Å². The standard InChI is InChI=1S/C13H15F3N2O/c14-13(15,16)8-10-6-7-18(12(17)19)11(10)9-4-2-1-3-5-9/h1-5,10-11H,6-8H2,(H2,17,19). The average molecular weight is 272 g/mol. The second-order valence-corrected chi connectivity index (χ2v) is 4.76. The minimum atomic E-state index is -4.23. The number of nitrogens with two attached hydrogens (primary N) is 1. The van der Waals surface area contributed by atoms with E-state index in [1.54, 1.807) is 30.3 Å². The van der Waals surface area contributed by atoms with Crippen LogP contribution in [0.15, 0.2) is 30.3 Å². The van der Waals surface area contributed by atoms with Crippen molar-refractivity contribution in [2.75, 3.05) is 6.54 Å². The predicted octanol–water partition coefficient (Wildman–Crippen LogP) is 3.08. The molecule has 2 rings (SSSR count). The van der Waals surface area contributed by atoms with Gasteiger partial charge in [0.05, 0.1) is 6.04 Å². The van der Waals surface area contributed by atoms with Gasteiger partial charge in [0.2, 0.25) is 0 Å². The summed E-state index contributed by atoms with van der Waals surface area (Å²) in [5.74, 6) is -0.630. The molecule has 0 bridgehead atoms. The maximum absolute atomic E-state index is 12.6. The fourth-order valence-electron chi connectivity index (χ4n) is 2.72. The SMILES string of the molecule is NC(=O)N1CCC(CC(F)(F)F)C1c1ccccc1. The van der Waals surface area contributed by atoms with E-state index in [0.29, 0.717) is 12.0 Å². The van der Waals surface area contributed by atoms with Crippen molar-refractivity contribution in [3.8, 4) is 0 Å². The Bertz CT molecular complexity index is 447. The van der Waals surface area contributed by atoms with Gasteiger partial charge in [-0.15, -0.1) is 0 Å². The number of primary amides is 1. The molecule has 0 aromatic heterocycles. The third kappa shape index (κ3) is 3.19. The summed E-state index contributed by atoms with van der Waals surface area (Å²) in [6, 6.07) is 7.49. The smallest absolute Gasteiger partial charge is 0.351 e. The van der Waals surface area contributed by atoms with Crippen molar-refractivity contribution in [1.29, 1.82) is 0 Å². The van der Waals surface area contributed by atoms with Gasteiger partial charge in [-0.05, 0) is 17.9 Å². The van der Waals surface area contributed by atoms with Gasteiger partial charge in [0.25, 0.3) is 0 Å². The van der Waals surface area contributed by atoms with Crippen molar-refractivity contribution in [3.05, 3.63) is 35.9 Å². The van der Waals surface area contributed by atoms with Crippen molar-refractivity contribution in [1.82, 2.24) is 4.90 Å². The molecule has 1 aliphatic heterocycles. The molecule has 1 aliphatic rings. The van der Waals surface area contributed by atoms with Crippen molar-refractivity contribution in [2.24, 2.45) is 11.7 Å². The first-order valence-electron chi connectivity index (χ1n) is 6.06. The summed E-state index contributed by atoms with van der Waals surface area (Å²) in [5, 5.41) is 0. The molecule has 1 aromatic rings. The van der Waals surface area contributed by atoms with Gasteiger partial charge >= 0.3 is 12.2 Å². The van der Waals surface area contributed by atoms with E-state index in [1.807, 2.05) is 0 Å². The molecular weight excluding hydrogens is 257 g/mol. The minimum absolute atomic E-state index is 0.273. The fraction of sp³-hybridized carbons (Fsp3) is 0.462. The monoisotopic (exact) mass is 272 g/mol. The molecule has 6 heteroatoms. The number of rotatable bonds is 2. The van der Waals surface area contributed by atoms with Gasteiger partial charge in [-0.1, -0.05) is 30.3 Å². The molecule has 1 aromatic carbocycles. The van der Waals surface area contributed by atoms with Crippen molar-refractivity contribution < 1.29 is 18.0 Å². The fourth-order valence-corrected chi connectivity index (χ4v) is 2.72. The molecule has 0 saturated carbocycles. The minimum Gasteiger partial charge on any atom is -0.351 e. The molecule has 1 fully saturated rings. The highest BCUT2D eigenvalue weighted by Gasteiger charge is 2.43. The number of carbonyl (C=O) groups is 1. The maximum Gasteiger partial charge on any atom is 0.389 e. The number of nitrogens with zero attached hydrogens (tertiary/aromatic N) is 1. The lowest BCUT2D eigenvalue weighted by molar-refractivity contribution is -0.146. The zero-order valence-corrected chi connectivity index (χ0v) is 10.2. The molecule has 2 unspecified atom stereocenters. The third-order valence-corrected chi connectivity index (χ3v) is 3.44. The lowest BCUT2D eigenvalue weighted by atomic mass is 9.91. The van der Waals surface area contributed by atoms with Crippen LogP contribution in [0.5, 0.6) is 0 Å². The molecule has 2 amide bonds. The molecule has 0 radical (unpaired) electrons. The Labute approximate surface area is 109 Å². The molecular formula is C13H15F3N2O. The van der Waals surface area contributed by atoms with Crippen LogP contribution in [0.3, 0.4) is 0 Å². The van der Waals surface area contributed by atoms with E-state index in [0.717, 1.165) is 0 Å². The summed E-state index contributed by atoms with van der Waals surface area (Å²) < 4.78 is 37.8. The highest BCUT2D eigenvalue weighted by Crippen LogP contribution is 2.42. The molecule has 2 N–H and O–H groups in total. The average Bonchev–Trinajstić information content (AvgIpc) is 2.71. The predicted molar refractivity (Wildman–Crippen MR) is 64.3 cm³/mol. The van der Waals surface area contributed by atoms with Gasteiger partial charge in [0, 0.05) is 13.0 Å². The Hall–Kier alpha value is -1.72. The zero-order valence-electron chi connectivity index (χ0n) is 10.2. The van der Waals surface area contributed by atoms with Crippen LogP contribution in [-0.4, -0.2) is 23.7 Å². The number of halogens is 3. The van der Waals surface area contributed by atoms with E-state index in [9.17, 15) is 18.0 Å². The lowest BCUT2D eigenvalue weighted by Gasteiger charge is -2.27. The van der Waals surface area contributed by atoms with E-state index in [2.05, 4.69) is 0 Å². The van der Waals surface area contributed by atoms with Crippen molar-refractivity contribution >= 4 is 6.03 Å². The van der Waals surface area contributed by atoms with Crippen LogP contribution in [0.1, 0.15) is 24.4 Å². The molecule has 19 heavy (non-hydrogen) atoms. The topological polar surface area (TPSA) is 46.3 Å². The van der Waals surface area contributed by atoms with E-state index in [4.69, 9.17) is 5.73 Å². The van der Waals surface area contributed by atoms with Gasteiger partial charge in [-0.2, -0.15) is 13.2 Å². The zero-order chi connectivity index (χ0) is 14.0. The quantitative estimate of drug-likeness (QED) is 0.883. The van der Waals surface area contributed by atoms with Crippen LogP contribution < -0.4 is 5.73 Å².